The van der Waals surface area contributed by atoms with Crippen LogP contribution in [0.5, 0.6) is 0 Å². The van der Waals surface area contributed by atoms with E-state index in [1.807, 2.05) is 26.8 Å². The summed E-state index contributed by atoms with van der Waals surface area (Å²) in [4.78, 5) is 23.1. The van der Waals surface area contributed by atoms with Crippen LogP contribution in [0, 0.1) is 0 Å². The summed E-state index contributed by atoms with van der Waals surface area (Å²) in [5.41, 5.74) is 1.10. The minimum absolute atomic E-state index is 0.194. The van der Waals surface area contributed by atoms with Crippen molar-refractivity contribution in [3.8, 4) is 0 Å². The molecule has 1 aromatic carbocycles. The quantitative estimate of drug-likeness (QED) is 0.401. The Hall–Kier alpha value is -2.81. The maximum atomic E-state index is 11.9. The first-order valence-electron chi connectivity index (χ1n) is 8.33. The number of nitrogens with two attached hydrogens (primary N) is 1. The number of hydrogen-bond acceptors (Lipinski definition) is 7. The van der Waals surface area contributed by atoms with E-state index in [1.54, 1.807) is 12.1 Å². The number of amides is 1. The van der Waals surface area contributed by atoms with Gasteiger partial charge < -0.3 is 15.6 Å². The fourth-order valence-corrected chi connectivity index (χ4v) is 3.51. The van der Waals surface area contributed by atoms with E-state index in [2.05, 4.69) is 15.5 Å². The highest BCUT2D eigenvalue weighted by molar-refractivity contribution is 7.98. The molecular formula is C18H21N5O3S. The maximum absolute atomic E-state index is 11.9. The normalized spacial score (nSPS) is 11.7. The molecule has 3 aromatic rings. The van der Waals surface area contributed by atoms with Gasteiger partial charge in [0.05, 0.1) is 0 Å². The third kappa shape index (κ3) is 4.13. The number of hydrogen-bond donors (Lipinski definition) is 2. The highest BCUT2D eigenvalue weighted by atomic mass is 32.2. The first-order chi connectivity index (χ1) is 12.6. The van der Waals surface area contributed by atoms with Gasteiger partial charge in [0.15, 0.2) is 5.82 Å². The predicted molar refractivity (Wildman–Crippen MR) is 105 cm³/mol. The Morgan fingerprint density at radius 3 is 2.67 bits per heavy atom. The summed E-state index contributed by atoms with van der Waals surface area (Å²) in [6, 6.07) is 6.67. The van der Waals surface area contributed by atoms with Crippen molar-refractivity contribution in [3.05, 3.63) is 46.1 Å². The Balaban J connectivity index is 1.90. The molecule has 1 amide bonds. The number of rotatable bonds is 4. The number of carbonyl (C=O) groups is 1. The Morgan fingerprint density at radius 2 is 2.04 bits per heavy atom. The van der Waals surface area contributed by atoms with Gasteiger partial charge in [-0.1, -0.05) is 32.5 Å². The number of fused-ring (bicyclic) bond motifs is 1. The summed E-state index contributed by atoms with van der Waals surface area (Å²) >= 11 is 1.39. The Morgan fingerprint density at radius 1 is 1.30 bits per heavy atom. The van der Waals surface area contributed by atoms with Crippen molar-refractivity contribution in [1.29, 1.82) is 0 Å². The molecule has 142 valence electrons. The van der Waals surface area contributed by atoms with E-state index in [0.29, 0.717) is 28.0 Å². The SMILES string of the molecule is CC(=O)Nc1ccc2c(CSc3nnc(C(C)(C)C)n3N)cc(=O)oc2c1. The summed E-state index contributed by atoms with van der Waals surface area (Å²) in [5, 5.41) is 12.3. The fourth-order valence-electron chi connectivity index (χ4n) is 2.66. The lowest BCUT2D eigenvalue weighted by Gasteiger charge is -2.16. The highest BCUT2D eigenvalue weighted by Crippen LogP contribution is 2.28. The molecule has 2 heterocycles. The molecule has 9 heteroatoms. The number of thioether (sulfide) groups is 1. The van der Waals surface area contributed by atoms with E-state index in [0.717, 1.165) is 10.9 Å². The first kappa shape index (κ1) is 19.0. The average Bonchev–Trinajstić information content (AvgIpc) is 2.92. The number of benzene rings is 1. The molecule has 3 N–H and O–H groups in total. The van der Waals surface area contributed by atoms with Crippen molar-refractivity contribution in [2.45, 2.75) is 44.0 Å². The van der Waals surface area contributed by atoms with Crippen molar-refractivity contribution < 1.29 is 9.21 Å². The summed E-state index contributed by atoms with van der Waals surface area (Å²) in [7, 11) is 0. The van der Waals surface area contributed by atoms with Gasteiger partial charge in [0.1, 0.15) is 5.58 Å². The largest absolute Gasteiger partial charge is 0.423 e. The number of nitrogens with zero attached hydrogens (tertiary/aromatic N) is 3. The number of nitrogen functional groups attached to an aromatic ring is 1. The second-order valence-electron chi connectivity index (χ2n) is 7.20. The van der Waals surface area contributed by atoms with Crippen molar-refractivity contribution in [1.82, 2.24) is 14.9 Å². The van der Waals surface area contributed by atoms with Gasteiger partial charge in [-0.05, 0) is 17.7 Å². The first-order valence-corrected chi connectivity index (χ1v) is 9.32. The zero-order chi connectivity index (χ0) is 19.8. The van der Waals surface area contributed by atoms with Crippen molar-refractivity contribution >= 4 is 34.3 Å². The molecule has 27 heavy (non-hydrogen) atoms. The second kappa shape index (κ2) is 7.07. The van der Waals surface area contributed by atoms with E-state index >= 15 is 0 Å². The number of nitrogens with one attached hydrogen (secondary N) is 1. The molecule has 8 nitrogen and oxygen atoms in total. The zero-order valence-electron chi connectivity index (χ0n) is 15.6. The van der Waals surface area contributed by atoms with Crippen molar-refractivity contribution in [3.63, 3.8) is 0 Å². The van der Waals surface area contributed by atoms with Crippen LogP contribution in [0.25, 0.3) is 11.0 Å². The summed E-state index contributed by atoms with van der Waals surface area (Å²) < 4.78 is 6.75. The highest BCUT2D eigenvalue weighted by Gasteiger charge is 2.23. The van der Waals surface area contributed by atoms with Crippen LogP contribution >= 0.6 is 11.8 Å². The lowest BCUT2D eigenvalue weighted by Crippen LogP contribution is -2.24. The number of carbonyl (C=O) groups excluding carboxylic acids is 1. The molecule has 0 aliphatic heterocycles. The lowest BCUT2D eigenvalue weighted by atomic mass is 9.96. The molecule has 0 aliphatic rings. The third-order valence-electron chi connectivity index (χ3n) is 3.84. The minimum atomic E-state index is -0.456. The number of anilines is 1. The van der Waals surface area contributed by atoms with Gasteiger partial charge in [-0.3, -0.25) is 4.79 Å². The van der Waals surface area contributed by atoms with Gasteiger partial charge in [-0.15, -0.1) is 10.2 Å². The molecule has 0 fully saturated rings. The van der Waals surface area contributed by atoms with E-state index in [-0.39, 0.29) is 11.3 Å². The van der Waals surface area contributed by atoms with Gasteiger partial charge in [-0.2, -0.15) is 0 Å². The van der Waals surface area contributed by atoms with Crippen LogP contribution in [0.1, 0.15) is 39.1 Å². The molecule has 0 spiro atoms. The molecule has 2 aromatic heterocycles. The Kier molecular flexibility index (Phi) is 4.97. The average molecular weight is 387 g/mol. The van der Waals surface area contributed by atoms with Crippen LogP contribution in [-0.4, -0.2) is 20.8 Å². The molecule has 0 saturated carbocycles. The van der Waals surface area contributed by atoms with Crippen LogP contribution in [0.4, 0.5) is 5.69 Å². The van der Waals surface area contributed by atoms with Crippen molar-refractivity contribution in [2.75, 3.05) is 11.2 Å². The Bertz CT molecular complexity index is 1070. The van der Waals surface area contributed by atoms with Crippen LogP contribution in [0.2, 0.25) is 0 Å². The van der Waals surface area contributed by atoms with Crippen LogP contribution in [0.3, 0.4) is 0 Å². The molecule has 0 unspecified atom stereocenters. The van der Waals surface area contributed by atoms with Crippen molar-refractivity contribution in [2.24, 2.45) is 0 Å². The van der Waals surface area contributed by atoms with Gasteiger partial charge in [0.25, 0.3) is 0 Å². The predicted octanol–water partition coefficient (Wildman–Crippen LogP) is 2.65. The molecule has 0 saturated heterocycles. The van der Waals surface area contributed by atoms with Gasteiger partial charge in [0.2, 0.25) is 11.1 Å². The lowest BCUT2D eigenvalue weighted by molar-refractivity contribution is -0.114. The second-order valence-corrected chi connectivity index (χ2v) is 8.14. The van der Waals surface area contributed by atoms with E-state index in [4.69, 9.17) is 10.3 Å². The fraction of sp³-hybridized carbons (Fsp3) is 0.333. The van der Waals surface area contributed by atoms with Gasteiger partial charge in [-0.25, -0.2) is 9.47 Å². The van der Waals surface area contributed by atoms with Gasteiger partial charge in [0, 0.05) is 41.3 Å². The topological polar surface area (TPSA) is 116 Å². The molecule has 0 aliphatic carbocycles. The Labute approximate surface area is 160 Å². The summed E-state index contributed by atoms with van der Waals surface area (Å²) in [6.45, 7) is 7.45. The van der Waals surface area contributed by atoms with Crippen LogP contribution in [0.15, 0.2) is 38.6 Å². The molecular weight excluding hydrogens is 366 g/mol. The van der Waals surface area contributed by atoms with Crippen LogP contribution in [-0.2, 0) is 16.0 Å². The molecule has 3 rings (SSSR count). The van der Waals surface area contributed by atoms with E-state index in [1.165, 1.54) is 29.4 Å². The minimum Gasteiger partial charge on any atom is -0.423 e. The smallest absolute Gasteiger partial charge is 0.336 e. The molecule has 0 atom stereocenters. The third-order valence-corrected chi connectivity index (χ3v) is 4.83. The summed E-state index contributed by atoms with van der Waals surface area (Å²) in [5.74, 6) is 7.07. The summed E-state index contributed by atoms with van der Waals surface area (Å²) in [6.07, 6.45) is 0. The van der Waals surface area contributed by atoms with E-state index in [9.17, 15) is 9.59 Å². The van der Waals surface area contributed by atoms with Crippen LogP contribution < -0.4 is 16.8 Å². The maximum Gasteiger partial charge on any atom is 0.336 e. The monoisotopic (exact) mass is 387 g/mol. The standard InChI is InChI=1S/C18H21N5O3S/c1-10(24)20-12-5-6-13-11(7-15(25)26-14(13)8-12)9-27-17-22-21-16(23(17)19)18(2,3)4/h5-8H,9,19H2,1-4H3,(H,20,24). The zero-order valence-corrected chi connectivity index (χ0v) is 16.4. The molecule has 0 bridgehead atoms. The van der Waals surface area contributed by atoms with Gasteiger partial charge >= 0.3 is 5.63 Å². The molecule has 0 radical (unpaired) electrons. The number of aromatic nitrogens is 3. The van der Waals surface area contributed by atoms with E-state index < -0.39 is 5.63 Å².